The van der Waals surface area contributed by atoms with Crippen molar-refractivity contribution < 1.29 is 4.79 Å². The fourth-order valence-electron chi connectivity index (χ4n) is 1.97. The molecule has 0 aliphatic carbocycles. The average Bonchev–Trinajstić information content (AvgIpc) is 2.41. The fraction of sp³-hybridized carbons (Fsp3) is 0.188. The Balaban J connectivity index is 2.11. The third-order valence-electron chi connectivity index (χ3n) is 2.99. The number of halogens is 1. The van der Waals surface area contributed by atoms with Crippen LogP contribution in [0.15, 0.2) is 54.6 Å². The largest absolute Gasteiger partial charge is 0.294 e. The Morgan fingerprint density at radius 3 is 2.33 bits per heavy atom. The van der Waals surface area contributed by atoms with E-state index >= 15 is 0 Å². The summed E-state index contributed by atoms with van der Waals surface area (Å²) in [5.74, 6) is 0.0998. The lowest BCUT2D eigenvalue weighted by atomic mass is 9.93. The summed E-state index contributed by atoms with van der Waals surface area (Å²) in [6.07, 6.45) is 0.674. The van der Waals surface area contributed by atoms with Gasteiger partial charge in [0.1, 0.15) is 0 Å². The molecule has 0 saturated carbocycles. The van der Waals surface area contributed by atoms with E-state index in [4.69, 9.17) is 11.6 Å². The number of hydrogen-bond donors (Lipinski definition) is 0. The number of benzene rings is 2. The molecular formula is C16H15ClO. The lowest BCUT2D eigenvalue weighted by molar-refractivity contribution is 0.0929. The first kappa shape index (κ1) is 12.8. The van der Waals surface area contributed by atoms with E-state index in [1.165, 1.54) is 0 Å². The molecule has 2 heteroatoms. The lowest BCUT2D eigenvalue weighted by Crippen LogP contribution is -2.14. The first-order valence-electron chi connectivity index (χ1n) is 6.01. The first-order chi connectivity index (χ1) is 8.68. The molecule has 0 amide bonds. The van der Waals surface area contributed by atoms with Gasteiger partial charge in [0.15, 0.2) is 5.78 Å². The summed E-state index contributed by atoms with van der Waals surface area (Å²) < 4.78 is 0. The maximum absolute atomic E-state index is 12.2. The molecule has 0 bridgehead atoms. The number of carbonyl (C=O) groups is 1. The van der Waals surface area contributed by atoms with Gasteiger partial charge in [-0.15, -0.1) is 0 Å². The molecule has 0 saturated heterocycles. The minimum atomic E-state index is -0.0627. The van der Waals surface area contributed by atoms with Gasteiger partial charge in [-0.1, -0.05) is 67.1 Å². The number of ketones is 1. The molecule has 0 aliphatic heterocycles. The van der Waals surface area contributed by atoms with Gasteiger partial charge in [0.2, 0.25) is 0 Å². The zero-order chi connectivity index (χ0) is 13.0. The Morgan fingerprint density at radius 2 is 1.67 bits per heavy atom. The second-order valence-corrected chi connectivity index (χ2v) is 4.83. The standard InChI is InChI=1S/C16H15ClO/c1-12(11-14-9-5-6-10-15(14)17)16(18)13-7-3-2-4-8-13/h2-10,12H,11H2,1H3. The maximum Gasteiger partial charge on any atom is 0.165 e. The molecule has 0 aromatic heterocycles. The Hall–Kier alpha value is -1.60. The average molecular weight is 259 g/mol. The van der Waals surface area contributed by atoms with Crippen LogP contribution in [0.1, 0.15) is 22.8 Å². The normalized spacial score (nSPS) is 12.1. The molecule has 1 unspecified atom stereocenters. The van der Waals surface area contributed by atoms with Gasteiger partial charge in [0, 0.05) is 16.5 Å². The van der Waals surface area contributed by atoms with E-state index in [2.05, 4.69) is 0 Å². The molecule has 1 nitrogen and oxygen atoms in total. The second-order valence-electron chi connectivity index (χ2n) is 4.43. The molecule has 0 spiro atoms. The molecule has 2 aromatic rings. The topological polar surface area (TPSA) is 17.1 Å². The van der Waals surface area contributed by atoms with Gasteiger partial charge in [0.25, 0.3) is 0 Å². The highest BCUT2D eigenvalue weighted by Gasteiger charge is 2.16. The van der Waals surface area contributed by atoms with Gasteiger partial charge in [0.05, 0.1) is 0 Å². The summed E-state index contributed by atoms with van der Waals surface area (Å²) in [5, 5.41) is 0.727. The van der Waals surface area contributed by atoms with Crippen molar-refractivity contribution in [2.75, 3.05) is 0 Å². The van der Waals surface area contributed by atoms with Crippen LogP contribution in [-0.2, 0) is 6.42 Å². The van der Waals surface area contributed by atoms with E-state index in [9.17, 15) is 4.79 Å². The predicted molar refractivity (Wildman–Crippen MR) is 75.1 cm³/mol. The van der Waals surface area contributed by atoms with Gasteiger partial charge in [-0.25, -0.2) is 0 Å². The van der Waals surface area contributed by atoms with E-state index in [1.807, 2.05) is 61.5 Å². The number of Topliss-reactive ketones (excluding diaryl/α,β-unsaturated/α-hetero) is 1. The Bertz CT molecular complexity index is 534. The molecule has 0 aliphatic rings. The van der Waals surface area contributed by atoms with Crippen molar-refractivity contribution in [1.82, 2.24) is 0 Å². The molecule has 0 fully saturated rings. The lowest BCUT2D eigenvalue weighted by Gasteiger charge is -2.11. The summed E-state index contributed by atoms with van der Waals surface area (Å²) >= 11 is 6.11. The maximum atomic E-state index is 12.2. The third kappa shape index (κ3) is 2.99. The van der Waals surface area contributed by atoms with Crippen LogP contribution in [-0.4, -0.2) is 5.78 Å². The highest BCUT2D eigenvalue weighted by Crippen LogP contribution is 2.20. The van der Waals surface area contributed by atoms with Crippen LogP contribution in [0.25, 0.3) is 0 Å². The summed E-state index contributed by atoms with van der Waals surface area (Å²) in [7, 11) is 0. The molecule has 0 heterocycles. The van der Waals surface area contributed by atoms with Crippen LogP contribution in [0.5, 0.6) is 0 Å². The molecule has 0 N–H and O–H groups in total. The zero-order valence-electron chi connectivity index (χ0n) is 10.3. The van der Waals surface area contributed by atoms with Gasteiger partial charge in [-0.05, 0) is 18.1 Å². The molecular weight excluding hydrogens is 244 g/mol. The third-order valence-corrected chi connectivity index (χ3v) is 3.36. The van der Waals surface area contributed by atoms with Gasteiger partial charge in [-0.2, -0.15) is 0 Å². The minimum Gasteiger partial charge on any atom is -0.294 e. The van der Waals surface area contributed by atoms with E-state index < -0.39 is 0 Å². The van der Waals surface area contributed by atoms with Crippen molar-refractivity contribution in [3.05, 3.63) is 70.7 Å². The first-order valence-corrected chi connectivity index (χ1v) is 6.39. The fourth-order valence-corrected chi connectivity index (χ4v) is 2.19. The van der Waals surface area contributed by atoms with Gasteiger partial charge in [-0.3, -0.25) is 4.79 Å². The molecule has 18 heavy (non-hydrogen) atoms. The second kappa shape index (κ2) is 5.83. The molecule has 1 atom stereocenters. The SMILES string of the molecule is CC(Cc1ccccc1Cl)C(=O)c1ccccc1. The van der Waals surface area contributed by atoms with Crippen molar-refractivity contribution in [1.29, 1.82) is 0 Å². The van der Waals surface area contributed by atoms with Crippen molar-refractivity contribution in [3.63, 3.8) is 0 Å². The summed E-state index contributed by atoms with van der Waals surface area (Å²) in [5.41, 5.74) is 1.79. The van der Waals surface area contributed by atoms with Crippen molar-refractivity contribution >= 4 is 17.4 Å². The molecule has 92 valence electrons. The summed E-state index contributed by atoms with van der Waals surface area (Å²) in [6.45, 7) is 1.94. The van der Waals surface area contributed by atoms with Gasteiger partial charge >= 0.3 is 0 Å². The number of carbonyl (C=O) groups excluding carboxylic acids is 1. The van der Waals surface area contributed by atoms with Crippen LogP contribution in [0.3, 0.4) is 0 Å². The Kier molecular flexibility index (Phi) is 4.16. The van der Waals surface area contributed by atoms with E-state index in [-0.39, 0.29) is 11.7 Å². The summed E-state index contributed by atoms with van der Waals surface area (Å²) in [6, 6.07) is 17.1. The van der Waals surface area contributed by atoms with Crippen molar-refractivity contribution in [2.24, 2.45) is 5.92 Å². The van der Waals surface area contributed by atoms with E-state index in [0.717, 1.165) is 16.1 Å². The molecule has 0 radical (unpaired) electrons. The monoisotopic (exact) mass is 258 g/mol. The van der Waals surface area contributed by atoms with E-state index in [1.54, 1.807) is 0 Å². The quantitative estimate of drug-likeness (QED) is 0.743. The van der Waals surface area contributed by atoms with Gasteiger partial charge < -0.3 is 0 Å². The Morgan fingerprint density at radius 1 is 1.06 bits per heavy atom. The van der Waals surface area contributed by atoms with Crippen LogP contribution in [0, 0.1) is 5.92 Å². The number of rotatable bonds is 4. The van der Waals surface area contributed by atoms with Crippen LogP contribution < -0.4 is 0 Å². The Labute approximate surface area is 112 Å². The molecule has 2 rings (SSSR count). The minimum absolute atomic E-state index is 0.0627. The highest BCUT2D eigenvalue weighted by molar-refractivity contribution is 6.31. The van der Waals surface area contributed by atoms with Crippen molar-refractivity contribution in [3.8, 4) is 0 Å². The van der Waals surface area contributed by atoms with E-state index in [0.29, 0.717) is 6.42 Å². The van der Waals surface area contributed by atoms with Crippen LogP contribution in [0.4, 0.5) is 0 Å². The number of hydrogen-bond acceptors (Lipinski definition) is 1. The van der Waals surface area contributed by atoms with Crippen LogP contribution in [0.2, 0.25) is 5.02 Å². The highest BCUT2D eigenvalue weighted by atomic mass is 35.5. The van der Waals surface area contributed by atoms with Crippen molar-refractivity contribution in [2.45, 2.75) is 13.3 Å². The zero-order valence-corrected chi connectivity index (χ0v) is 11.0. The van der Waals surface area contributed by atoms with Crippen LogP contribution >= 0.6 is 11.6 Å². The molecule has 2 aromatic carbocycles. The predicted octanol–water partition coefficient (Wildman–Crippen LogP) is 4.40. The smallest absolute Gasteiger partial charge is 0.165 e. The summed E-state index contributed by atoms with van der Waals surface area (Å²) in [4.78, 5) is 12.2.